The predicted octanol–water partition coefficient (Wildman–Crippen LogP) is 2.68. The van der Waals surface area contributed by atoms with Gasteiger partial charge in [0.15, 0.2) is 0 Å². The van der Waals surface area contributed by atoms with E-state index >= 15 is 0 Å². The minimum Gasteiger partial charge on any atom is -0.465 e. The lowest BCUT2D eigenvalue weighted by Crippen LogP contribution is -2.48. The zero-order valence-electron chi connectivity index (χ0n) is 12.2. The number of ketones is 1. The second-order valence-corrected chi connectivity index (χ2v) is 7.27. The number of rotatable bonds is 3. The van der Waals surface area contributed by atoms with Crippen molar-refractivity contribution in [2.75, 3.05) is 12.9 Å². The van der Waals surface area contributed by atoms with Crippen molar-refractivity contribution < 1.29 is 14.3 Å². The van der Waals surface area contributed by atoms with Crippen LogP contribution in [0, 0.1) is 0 Å². The van der Waals surface area contributed by atoms with Crippen LogP contribution in [0.15, 0.2) is 33.4 Å². The maximum Gasteiger partial charge on any atom is 0.321 e. The van der Waals surface area contributed by atoms with Gasteiger partial charge in [-0.2, -0.15) is 0 Å². The second-order valence-electron chi connectivity index (χ2n) is 5.05. The molecule has 0 amide bonds. The van der Waals surface area contributed by atoms with Crippen molar-refractivity contribution in [3.63, 3.8) is 0 Å². The van der Waals surface area contributed by atoms with Gasteiger partial charge >= 0.3 is 5.97 Å². The van der Waals surface area contributed by atoms with E-state index < -0.39 is 0 Å². The van der Waals surface area contributed by atoms with Crippen LogP contribution in [0.5, 0.6) is 0 Å². The highest BCUT2D eigenvalue weighted by Crippen LogP contribution is 2.50. The molecule has 112 valence electrons. The molecule has 0 aromatic carbocycles. The lowest BCUT2D eigenvalue weighted by atomic mass is 10.0. The van der Waals surface area contributed by atoms with Crippen molar-refractivity contribution in [2.45, 2.75) is 31.6 Å². The van der Waals surface area contributed by atoms with Gasteiger partial charge in [0.05, 0.1) is 16.9 Å². The molecule has 0 bridgehead atoms. The Kier molecular flexibility index (Phi) is 3.92. The summed E-state index contributed by atoms with van der Waals surface area (Å²) in [5.41, 5.74) is 2.45. The molecule has 0 aromatic rings. The predicted molar refractivity (Wildman–Crippen MR) is 85.6 cm³/mol. The normalized spacial score (nSPS) is 27.4. The SMILES string of the molecule is CCOC(=O)[C@@H]1SC(SC)=C2C(=O)C(C)=C3C=CC[C@H]1N32. The first-order valence-electron chi connectivity index (χ1n) is 6.93. The molecule has 0 spiro atoms. The van der Waals surface area contributed by atoms with Crippen molar-refractivity contribution in [1.82, 2.24) is 4.90 Å². The van der Waals surface area contributed by atoms with Gasteiger partial charge < -0.3 is 9.64 Å². The molecule has 3 heterocycles. The van der Waals surface area contributed by atoms with Crippen molar-refractivity contribution in [2.24, 2.45) is 0 Å². The van der Waals surface area contributed by atoms with Gasteiger partial charge in [0, 0.05) is 11.3 Å². The highest BCUT2D eigenvalue weighted by Gasteiger charge is 2.48. The Balaban J connectivity index is 2.08. The van der Waals surface area contributed by atoms with Crippen molar-refractivity contribution in [1.29, 1.82) is 0 Å². The van der Waals surface area contributed by atoms with Gasteiger partial charge in [0.1, 0.15) is 10.9 Å². The Morgan fingerprint density at radius 2 is 2.33 bits per heavy atom. The zero-order chi connectivity index (χ0) is 15.1. The second kappa shape index (κ2) is 5.57. The van der Waals surface area contributed by atoms with Gasteiger partial charge in [-0.3, -0.25) is 9.59 Å². The summed E-state index contributed by atoms with van der Waals surface area (Å²) in [6.07, 6.45) is 6.74. The third-order valence-electron chi connectivity index (χ3n) is 3.91. The third kappa shape index (κ3) is 2.16. The monoisotopic (exact) mass is 323 g/mol. The molecule has 0 aliphatic carbocycles. The first kappa shape index (κ1) is 14.8. The van der Waals surface area contributed by atoms with Gasteiger partial charge in [-0.05, 0) is 32.6 Å². The van der Waals surface area contributed by atoms with Crippen LogP contribution in [0.3, 0.4) is 0 Å². The Bertz CT molecular complexity index is 606. The van der Waals surface area contributed by atoms with E-state index in [1.807, 2.05) is 32.3 Å². The average Bonchev–Trinajstić information content (AvgIpc) is 2.75. The zero-order valence-corrected chi connectivity index (χ0v) is 13.8. The molecule has 0 fully saturated rings. The highest BCUT2D eigenvalue weighted by molar-refractivity contribution is 8.22. The summed E-state index contributed by atoms with van der Waals surface area (Å²) >= 11 is 3.00. The van der Waals surface area contributed by atoms with Gasteiger partial charge in [-0.25, -0.2) is 0 Å². The molecular weight excluding hydrogens is 306 g/mol. The largest absolute Gasteiger partial charge is 0.465 e. The number of allylic oxidation sites excluding steroid dienone is 2. The number of hydrogen-bond acceptors (Lipinski definition) is 6. The first-order chi connectivity index (χ1) is 10.1. The number of nitrogens with zero attached hydrogens (tertiary/aromatic N) is 1. The molecule has 0 saturated carbocycles. The molecule has 3 rings (SSSR count). The van der Waals surface area contributed by atoms with E-state index in [2.05, 4.69) is 4.90 Å². The van der Waals surface area contributed by atoms with Crippen LogP contribution in [0.4, 0.5) is 0 Å². The van der Waals surface area contributed by atoms with Gasteiger partial charge in [-0.15, -0.1) is 11.8 Å². The minimum atomic E-state index is -0.283. The number of carbonyl (C=O) groups excluding carboxylic acids is 2. The van der Waals surface area contributed by atoms with E-state index in [1.54, 1.807) is 0 Å². The summed E-state index contributed by atoms with van der Waals surface area (Å²) in [5, 5.41) is -0.283. The van der Waals surface area contributed by atoms with E-state index in [-0.39, 0.29) is 23.0 Å². The van der Waals surface area contributed by atoms with Crippen LogP contribution in [-0.2, 0) is 14.3 Å². The topological polar surface area (TPSA) is 46.6 Å². The molecule has 3 aliphatic heterocycles. The van der Waals surface area contributed by atoms with E-state index in [4.69, 9.17) is 4.74 Å². The number of ether oxygens (including phenoxy) is 1. The quantitative estimate of drug-likeness (QED) is 0.744. The fourth-order valence-corrected chi connectivity index (χ4v) is 5.12. The summed E-state index contributed by atoms with van der Waals surface area (Å²) in [4.78, 5) is 26.9. The molecule has 0 aromatic heterocycles. The van der Waals surface area contributed by atoms with Crippen LogP contribution in [0.2, 0.25) is 0 Å². The van der Waals surface area contributed by atoms with Crippen LogP contribution in [0.25, 0.3) is 0 Å². The Morgan fingerprint density at radius 1 is 1.57 bits per heavy atom. The molecule has 2 atom stereocenters. The summed E-state index contributed by atoms with van der Waals surface area (Å²) < 4.78 is 6.14. The van der Waals surface area contributed by atoms with Gasteiger partial charge in [0.25, 0.3) is 0 Å². The minimum absolute atomic E-state index is 0.0265. The highest BCUT2D eigenvalue weighted by atomic mass is 32.2. The van der Waals surface area contributed by atoms with Crippen molar-refractivity contribution in [3.8, 4) is 0 Å². The lowest BCUT2D eigenvalue weighted by Gasteiger charge is -2.41. The van der Waals surface area contributed by atoms with Gasteiger partial charge in [0.2, 0.25) is 5.78 Å². The van der Waals surface area contributed by atoms with Crippen LogP contribution in [0.1, 0.15) is 20.3 Å². The summed E-state index contributed by atoms with van der Waals surface area (Å²) in [7, 11) is 0. The van der Waals surface area contributed by atoms with Crippen LogP contribution in [-0.4, -0.2) is 40.8 Å². The number of carbonyl (C=O) groups is 2. The number of hydrogen-bond donors (Lipinski definition) is 0. The molecule has 21 heavy (non-hydrogen) atoms. The van der Waals surface area contributed by atoms with Gasteiger partial charge in [-0.1, -0.05) is 17.8 Å². The van der Waals surface area contributed by atoms with Crippen LogP contribution >= 0.6 is 23.5 Å². The average molecular weight is 323 g/mol. The number of Topliss-reactive ketones (excluding diaryl/α,β-unsaturated/α-hetero) is 1. The maximum atomic E-state index is 12.5. The summed E-state index contributed by atoms with van der Waals surface area (Å²) in [6, 6.07) is -0.0265. The van der Waals surface area contributed by atoms with Crippen LogP contribution < -0.4 is 0 Å². The van der Waals surface area contributed by atoms with E-state index in [9.17, 15) is 9.59 Å². The third-order valence-corrected chi connectivity index (χ3v) is 6.43. The number of thioether (sulfide) groups is 2. The smallest absolute Gasteiger partial charge is 0.321 e. The molecule has 6 heteroatoms. The fraction of sp³-hybridized carbons (Fsp3) is 0.467. The molecule has 3 aliphatic rings. The Hall–Kier alpha value is -1.14. The molecule has 0 N–H and O–H groups in total. The molecule has 0 radical (unpaired) electrons. The van der Waals surface area contributed by atoms with E-state index in [0.29, 0.717) is 6.61 Å². The lowest BCUT2D eigenvalue weighted by molar-refractivity contribution is -0.143. The maximum absolute atomic E-state index is 12.5. The van der Waals surface area contributed by atoms with E-state index in [0.717, 1.165) is 27.6 Å². The summed E-state index contributed by atoms with van der Waals surface area (Å²) in [6.45, 7) is 4.06. The molecule has 0 unspecified atom stereocenters. The first-order valence-corrected chi connectivity index (χ1v) is 9.03. The summed E-state index contributed by atoms with van der Waals surface area (Å²) in [5.74, 6) is -0.106. The van der Waals surface area contributed by atoms with E-state index in [1.165, 1.54) is 23.5 Å². The number of esters is 1. The molecular formula is C15H17NO3S2. The molecule has 0 saturated heterocycles. The Labute approximate surface area is 132 Å². The standard InChI is InChI=1S/C15H17NO3S2/c1-4-19-14(18)13-10-7-5-6-9-8(2)12(17)11(16(9)10)15(20-3)21-13/h5-6,10,13H,4,7H2,1-3H3/t10-,13-/m1/s1. The molecule has 4 nitrogen and oxygen atoms in total. The fourth-order valence-electron chi connectivity index (χ4n) is 2.95. The van der Waals surface area contributed by atoms with Crippen molar-refractivity contribution in [3.05, 3.63) is 33.4 Å². The van der Waals surface area contributed by atoms with Crippen molar-refractivity contribution >= 4 is 35.3 Å². The Morgan fingerprint density at radius 3 is 3.00 bits per heavy atom.